The van der Waals surface area contributed by atoms with Gasteiger partial charge in [-0.1, -0.05) is 48.5 Å². The molecule has 0 amide bonds. The fourth-order valence-corrected chi connectivity index (χ4v) is 2.72. The molecule has 1 unspecified atom stereocenters. The number of benzene rings is 2. The minimum atomic E-state index is 0.106. The zero-order valence-corrected chi connectivity index (χ0v) is 11.3. The van der Waals surface area contributed by atoms with E-state index in [2.05, 4.69) is 36.2 Å². The van der Waals surface area contributed by atoms with E-state index in [9.17, 15) is 0 Å². The summed E-state index contributed by atoms with van der Waals surface area (Å²) in [5.41, 5.74) is 4.67. The molecule has 1 heterocycles. The lowest BCUT2D eigenvalue weighted by atomic mass is 9.92. The first kappa shape index (κ1) is 12.9. The third-order valence-electron chi connectivity index (χ3n) is 3.79. The average molecular weight is 264 g/mol. The maximum absolute atomic E-state index is 9.15. The van der Waals surface area contributed by atoms with E-state index in [0.717, 1.165) is 11.1 Å². The Labute approximate surface area is 119 Å². The van der Waals surface area contributed by atoms with Gasteiger partial charge in [0, 0.05) is 29.6 Å². The van der Waals surface area contributed by atoms with Crippen LogP contribution < -0.4 is 0 Å². The van der Waals surface area contributed by atoms with Gasteiger partial charge in [0.2, 0.25) is 0 Å². The summed E-state index contributed by atoms with van der Waals surface area (Å²) in [6, 6.07) is 16.5. The summed E-state index contributed by atoms with van der Waals surface area (Å²) >= 11 is 0. The molecule has 0 aliphatic heterocycles. The first-order valence-electron chi connectivity index (χ1n) is 6.89. The van der Waals surface area contributed by atoms with Gasteiger partial charge in [-0.05, 0) is 30.0 Å². The summed E-state index contributed by atoms with van der Waals surface area (Å²) < 4.78 is 0. The molecule has 3 rings (SSSR count). The number of aromatic nitrogens is 1. The van der Waals surface area contributed by atoms with Crippen molar-refractivity contribution in [2.24, 2.45) is 0 Å². The highest BCUT2D eigenvalue weighted by Gasteiger charge is 2.14. The molecule has 2 heteroatoms. The third-order valence-corrected chi connectivity index (χ3v) is 3.79. The topological polar surface area (TPSA) is 36.0 Å². The number of para-hydroxylation sites is 1. The first-order chi connectivity index (χ1) is 9.81. The van der Waals surface area contributed by atoms with Crippen LogP contribution in [-0.4, -0.2) is 16.7 Å². The number of hydrogen-bond donors (Lipinski definition) is 2. The fourth-order valence-electron chi connectivity index (χ4n) is 2.72. The quantitative estimate of drug-likeness (QED) is 0.741. The summed E-state index contributed by atoms with van der Waals surface area (Å²) in [4.78, 5) is 3.34. The van der Waals surface area contributed by atoms with E-state index >= 15 is 0 Å². The molecule has 1 aromatic heterocycles. The minimum absolute atomic E-state index is 0.106. The van der Waals surface area contributed by atoms with Gasteiger partial charge in [0.05, 0.1) is 0 Å². The van der Waals surface area contributed by atoms with Gasteiger partial charge in [-0.3, -0.25) is 0 Å². The molecular formula is C18H18NO. The summed E-state index contributed by atoms with van der Waals surface area (Å²) in [6.07, 6.45) is 2.71. The van der Waals surface area contributed by atoms with Gasteiger partial charge < -0.3 is 10.1 Å². The Hall–Kier alpha value is -2.06. The molecule has 0 bridgehead atoms. The van der Waals surface area contributed by atoms with Crippen LogP contribution in [0.4, 0.5) is 0 Å². The Bertz CT molecular complexity index is 700. The summed E-state index contributed by atoms with van der Waals surface area (Å²) in [5, 5.41) is 10.3. The smallest absolute Gasteiger partial charge is 0.0490 e. The normalized spacial score (nSPS) is 12.7. The standard InChI is InChI=1S/C18H18NO/c1-13(14-6-3-2-4-7-14)17-12-19-18-15(10-11-20)8-5-9-16(17)18/h2-9,12-13,19-20H,1,10-11H2. The monoisotopic (exact) mass is 264 g/mol. The van der Waals surface area contributed by atoms with Crippen molar-refractivity contribution in [1.82, 2.24) is 4.98 Å². The molecule has 1 radical (unpaired) electrons. The van der Waals surface area contributed by atoms with Crippen molar-refractivity contribution < 1.29 is 5.11 Å². The molecule has 3 aromatic rings. The van der Waals surface area contributed by atoms with Crippen molar-refractivity contribution in [1.29, 1.82) is 0 Å². The Balaban J connectivity index is 2.07. The van der Waals surface area contributed by atoms with Crippen molar-refractivity contribution in [3.05, 3.63) is 78.3 Å². The predicted octanol–water partition coefficient (Wildman–Crippen LogP) is 3.67. The van der Waals surface area contributed by atoms with Crippen LogP contribution in [0.15, 0.2) is 54.7 Å². The Kier molecular flexibility index (Phi) is 3.57. The Morgan fingerprint density at radius 1 is 1.05 bits per heavy atom. The van der Waals surface area contributed by atoms with Gasteiger partial charge in [0.25, 0.3) is 0 Å². The van der Waals surface area contributed by atoms with Crippen LogP contribution in [0.5, 0.6) is 0 Å². The predicted molar refractivity (Wildman–Crippen MR) is 82.7 cm³/mol. The summed E-state index contributed by atoms with van der Waals surface area (Å²) in [5.74, 6) is 0.106. The molecule has 2 aromatic carbocycles. The van der Waals surface area contributed by atoms with Gasteiger partial charge >= 0.3 is 0 Å². The van der Waals surface area contributed by atoms with Crippen molar-refractivity contribution in [3.8, 4) is 0 Å². The highest BCUT2D eigenvalue weighted by Crippen LogP contribution is 2.31. The SMILES string of the molecule is [CH2]C(c1ccccc1)c1c[nH]c2c(CCO)cccc12. The molecule has 0 fully saturated rings. The van der Waals surface area contributed by atoms with Crippen LogP contribution in [0.3, 0.4) is 0 Å². The van der Waals surface area contributed by atoms with Crippen LogP contribution in [-0.2, 0) is 6.42 Å². The van der Waals surface area contributed by atoms with E-state index < -0.39 is 0 Å². The van der Waals surface area contributed by atoms with Gasteiger partial charge in [-0.2, -0.15) is 0 Å². The van der Waals surface area contributed by atoms with Crippen LogP contribution in [0, 0.1) is 6.92 Å². The van der Waals surface area contributed by atoms with Gasteiger partial charge in [-0.15, -0.1) is 0 Å². The maximum Gasteiger partial charge on any atom is 0.0490 e. The first-order valence-corrected chi connectivity index (χ1v) is 6.89. The summed E-state index contributed by atoms with van der Waals surface area (Å²) in [6.45, 7) is 4.47. The number of H-pyrrole nitrogens is 1. The van der Waals surface area contributed by atoms with Crippen LogP contribution in [0.25, 0.3) is 10.9 Å². The number of fused-ring (bicyclic) bond motifs is 1. The van der Waals surface area contributed by atoms with Crippen LogP contribution in [0.1, 0.15) is 22.6 Å². The lowest BCUT2D eigenvalue weighted by Crippen LogP contribution is -1.95. The van der Waals surface area contributed by atoms with Crippen molar-refractivity contribution in [2.45, 2.75) is 12.3 Å². The van der Waals surface area contributed by atoms with Gasteiger partial charge in [0.1, 0.15) is 0 Å². The fraction of sp³-hybridized carbons (Fsp3) is 0.167. The number of aliphatic hydroxyl groups is 1. The molecule has 0 saturated carbocycles. The molecule has 1 atom stereocenters. The second kappa shape index (κ2) is 5.51. The molecule has 0 aliphatic carbocycles. The van der Waals surface area contributed by atoms with Crippen LogP contribution in [0.2, 0.25) is 0 Å². The molecule has 0 saturated heterocycles. The largest absolute Gasteiger partial charge is 0.396 e. The van der Waals surface area contributed by atoms with Gasteiger partial charge in [0.15, 0.2) is 0 Å². The number of hydrogen-bond acceptors (Lipinski definition) is 1. The Morgan fingerprint density at radius 3 is 2.60 bits per heavy atom. The van der Waals surface area contributed by atoms with E-state index in [1.807, 2.05) is 30.5 Å². The van der Waals surface area contributed by atoms with Crippen molar-refractivity contribution >= 4 is 10.9 Å². The lowest BCUT2D eigenvalue weighted by molar-refractivity contribution is 0.300. The molecule has 2 nitrogen and oxygen atoms in total. The van der Waals surface area contributed by atoms with E-state index in [0.29, 0.717) is 6.42 Å². The second-order valence-corrected chi connectivity index (χ2v) is 5.02. The highest BCUT2D eigenvalue weighted by molar-refractivity contribution is 5.87. The van der Waals surface area contributed by atoms with Gasteiger partial charge in [-0.25, -0.2) is 0 Å². The maximum atomic E-state index is 9.15. The van der Waals surface area contributed by atoms with E-state index in [-0.39, 0.29) is 12.5 Å². The average Bonchev–Trinajstić information content (AvgIpc) is 2.93. The zero-order chi connectivity index (χ0) is 13.9. The molecule has 2 N–H and O–H groups in total. The molecule has 20 heavy (non-hydrogen) atoms. The van der Waals surface area contributed by atoms with Crippen molar-refractivity contribution in [2.75, 3.05) is 6.61 Å². The van der Waals surface area contributed by atoms with Crippen LogP contribution >= 0.6 is 0 Å². The Morgan fingerprint density at radius 2 is 1.85 bits per heavy atom. The highest BCUT2D eigenvalue weighted by atomic mass is 16.2. The molecule has 0 spiro atoms. The summed E-state index contributed by atoms with van der Waals surface area (Å²) in [7, 11) is 0. The number of aromatic amines is 1. The second-order valence-electron chi connectivity index (χ2n) is 5.02. The minimum Gasteiger partial charge on any atom is -0.396 e. The number of nitrogens with one attached hydrogen (secondary N) is 1. The third kappa shape index (κ3) is 2.23. The lowest BCUT2D eigenvalue weighted by Gasteiger charge is -2.11. The molecular weight excluding hydrogens is 246 g/mol. The number of aliphatic hydroxyl groups excluding tert-OH is 1. The molecule has 0 aliphatic rings. The number of rotatable bonds is 4. The van der Waals surface area contributed by atoms with Crippen molar-refractivity contribution in [3.63, 3.8) is 0 Å². The van der Waals surface area contributed by atoms with E-state index in [4.69, 9.17) is 5.11 Å². The molecule has 101 valence electrons. The zero-order valence-electron chi connectivity index (χ0n) is 11.3. The van der Waals surface area contributed by atoms with E-state index in [1.165, 1.54) is 16.5 Å². The van der Waals surface area contributed by atoms with E-state index in [1.54, 1.807) is 0 Å².